The Morgan fingerprint density at radius 2 is 1.85 bits per heavy atom. The van der Waals surface area contributed by atoms with Gasteiger partial charge in [-0.05, 0) is 11.6 Å². The van der Waals surface area contributed by atoms with E-state index in [0.717, 1.165) is 12.4 Å². The number of hydrogen-bond acceptors (Lipinski definition) is 6. The van der Waals surface area contributed by atoms with Crippen molar-refractivity contribution >= 4 is 11.5 Å². The van der Waals surface area contributed by atoms with Crippen molar-refractivity contribution in [2.75, 3.05) is 17.7 Å². The van der Waals surface area contributed by atoms with Crippen molar-refractivity contribution in [3.05, 3.63) is 78.9 Å². The number of nitrogen functional groups attached to an aromatic ring is 1. The SMILES string of the molecule is CN(Cc1nccn1Cc1ccccc1)c1ncnc(-n2cccn2)c1N. The number of aromatic nitrogens is 6. The lowest BCUT2D eigenvalue weighted by molar-refractivity contribution is 0.703. The van der Waals surface area contributed by atoms with Gasteiger partial charge in [-0.3, -0.25) is 0 Å². The van der Waals surface area contributed by atoms with Gasteiger partial charge in [0.05, 0.1) is 6.54 Å². The maximum absolute atomic E-state index is 6.31. The maximum Gasteiger partial charge on any atom is 0.181 e. The number of nitrogens with two attached hydrogens (primary N) is 1. The van der Waals surface area contributed by atoms with Gasteiger partial charge < -0.3 is 15.2 Å². The zero-order chi connectivity index (χ0) is 18.6. The molecule has 1 aromatic carbocycles. The Morgan fingerprint density at radius 3 is 2.63 bits per heavy atom. The van der Waals surface area contributed by atoms with Crippen LogP contribution in [0.4, 0.5) is 11.5 Å². The molecule has 0 aliphatic carbocycles. The number of benzene rings is 1. The van der Waals surface area contributed by atoms with Gasteiger partial charge in [0.2, 0.25) is 0 Å². The monoisotopic (exact) mass is 360 g/mol. The quantitative estimate of drug-likeness (QED) is 0.566. The van der Waals surface area contributed by atoms with Crippen molar-refractivity contribution in [2.45, 2.75) is 13.1 Å². The van der Waals surface area contributed by atoms with E-state index in [4.69, 9.17) is 5.73 Å². The van der Waals surface area contributed by atoms with Crippen LogP contribution in [0.15, 0.2) is 67.5 Å². The van der Waals surface area contributed by atoms with Gasteiger partial charge in [-0.15, -0.1) is 0 Å². The normalized spacial score (nSPS) is 10.9. The zero-order valence-corrected chi connectivity index (χ0v) is 15.0. The smallest absolute Gasteiger partial charge is 0.181 e. The lowest BCUT2D eigenvalue weighted by Crippen LogP contribution is -2.23. The van der Waals surface area contributed by atoms with Crippen molar-refractivity contribution in [2.24, 2.45) is 0 Å². The molecule has 0 unspecified atom stereocenters. The Labute approximate surface area is 156 Å². The molecule has 27 heavy (non-hydrogen) atoms. The summed E-state index contributed by atoms with van der Waals surface area (Å²) >= 11 is 0. The van der Waals surface area contributed by atoms with Crippen molar-refractivity contribution in [3.63, 3.8) is 0 Å². The second kappa shape index (κ2) is 7.28. The van der Waals surface area contributed by atoms with E-state index in [1.165, 1.54) is 11.9 Å². The molecule has 0 saturated carbocycles. The highest BCUT2D eigenvalue weighted by molar-refractivity contribution is 5.69. The summed E-state index contributed by atoms with van der Waals surface area (Å²) in [6, 6.07) is 12.1. The van der Waals surface area contributed by atoms with Crippen LogP contribution in [0.3, 0.4) is 0 Å². The van der Waals surface area contributed by atoms with Crippen LogP contribution in [0, 0.1) is 0 Å². The fourth-order valence-electron chi connectivity index (χ4n) is 2.96. The highest BCUT2D eigenvalue weighted by atomic mass is 15.3. The predicted molar refractivity (Wildman–Crippen MR) is 103 cm³/mol. The molecule has 0 radical (unpaired) electrons. The van der Waals surface area contributed by atoms with E-state index < -0.39 is 0 Å². The van der Waals surface area contributed by atoms with Gasteiger partial charge in [-0.2, -0.15) is 5.10 Å². The van der Waals surface area contributed by atoms with Crippen LogP contribution >= 0.6 is 0 Å². The zero-order valence-electron chi connectivity index (χ0n) is 15.0. The van der Waals surface area contributed by atoms with Crippen molar-refractivity contribution in [3.8, 4) is 5.82 Å². The number of imidazole rings is 1. The third kappa shape index (κ3) is 3.50. The molecule has 0 bridgehead atoms. The van der Waals surface area contributed by atoms with Gasteiger partial charge in [0.1, 0.15) is 17.8 Å². The lowest BCUT2D eigenvalue weighted by atomic mass is 10.2. The first-order chi connectivity index (χ1) is 13.2. The Kier molecular flexibility index (Phi) is 4.52. The number of nitrogens with zero attached hydrogens (tertiary/aromatic N) is 7. The first-order valence-corrected chi connectivity index (χ1v) is 8.58. The summed E-state index contributed by atoms with van der Waals surface area (Å²) in [4.78, 5) is 15.1. The lowest BCUT2D eigenvalue weighted by Gasteiger charge is -2.21. The summed E-state index contributed by atoms with van der Waals surface area (Å²) in [5, 5.41) is 4.20. The summed E-state index contributed by atoms with van der Waals surface area (Å²) in [6.45, 7) is 1.33. The van der Waals surface area contributed by atoms with Gasteiger partial charge in [0.15, 0.2) is 11.6 Å². The number of rotatable bonds is 6. The predicted octanol–water partition coefficient (Wildman–Crippen LogP) is 2.13. The number of anilines is 2. The second-order valence-corrected chi connectivity index (χ2v) is 6.20. The standard InChI is InChI=1S/C19H20N8/c1-25(18-17(20)19(23-14-22-18)27-10-5-8-24-27)13-16-21-9-11-26(16)12-15-6-3-2-4-7-15/h2-11,14H,12-13,20H2,1H3. The summed E-state index contributed by atoms with van der Waals surface area (Å²) in [6.07, 6.45) is 8.77. The molecule has 3 heterocycles. The average Bonchev–Trinajstić information content (AvgIpc) is 3.35. The highest BCUT2D eigenvalue weighted by Gasteiger charge is 2.15. The Bertz CT molecular complexity index is 1010. The van der Waals surface area contributed by atoms with Gasteiger partial charge in [-0.25, -0.2) is 19.6 Å². The fourth-order valence-corrected chi connectivity index (χ4v) is 2.96. The minimum atomic E-state index is 0.477. The Hall–Kier alpha value is -3.68. The van der Waals surface area contributed by atoms with E-state index in [-0.39, 0.29) is 0 Å². The van der Waals surface area contributed by atoms with E-state index in [1.807, 2.05) is 48.6 Å². The van der Waals surface area contributed by atoms with E-state index >= 15 is 0 Å². The minimum Gasteiger partial charge on any atom is -0.393 e. The molecule has 0 aliphatic heterocycles. The fraction of sp³-hybridized carbons (Fsp3) is 0.158. The average molecular weight is 360 g/mol. The molecule has 0 saturated heterocycles. The Balaban J connectivity index is 1.56. The Morgan fingerprint density at radius 1 is 1.00 bits per heavy atom. The van der Waals surface area contributed by atoms with Crippen LogP contribution in [0.1, 0.15) is 11.4 Å². The molecule has 0 spiro atoms. The molecule has 4 rings (SSSR count). The molecule has 2 N–H and O–H groups in total. The third-order valence-electron chi connectivity index (χ3n) is 4.30. The van der Waals surface area contributed by atoms with Crippen molar-refractivity contribution in [1.82, 2.24) is 29.3 Å². The van der Waals surface area contributed by atoms with Crippen LogP contribution < -0.4 is 10.6 Å². The summed E-state index contributed by atoms with van der Waals surface area (Å²) in [5.41, 5.74) is 8.01. The molecule has 136 valence electrons. The van der Waals surface area contributed by atoms with E-state index in [1.54, 1.807) is 17.1 Å². The van der Waals surface area contributed by atoms with Gasteiger partial charge in [0, 0.05) is 38.4 Å². The second-order valence-electron chi connectivity index (χ2n) is 6.20. The third-order valence-corrected chi connectivity index (χ3v) is 4.30. The first kappa shape index (κ1) is 16.8. The number of hydrogen-bond donors (Lipinski definition) is 1. The summed E-state index contributed by atoms with van der Waals surface area (Å²) in [7, 11) is 1.94. The van der Waals surface area contributed by atoms with Gasteiger partial charge >= 0.3 is 0 Å². The van der Waals surface area contributed by atoms with Crippen LogP contribution in [0.2, 0.25) is 0 Å². The van der Waals surface area contributed by atoms with E-state index in [9.17, 15) is 0 Å². The van der Waals surface area contributed by atoms with Crippen LogP contribution in [-0.4, -0.2) is 36.3 Å². The molecule has 4 aromatic rings. The molecule has 0 fully saturated rings. The van der Waals surface area contributed by atoms with Crippen molar-refractivity contribution in [1.29, 1.82) is 0 Å². The minimum absolute atomic E-state index is 0.477. The highest BCUT2D eigenvalue weighted by Crippen LogP contribution is 2.24. The van der Waals surface area contributed by atoms with E-state index in [2.05, 4.69) is 36.8 Å². The molecule has 0 atom stereocenters. The van der Waals surface area contributed by atoms with Gasteiger partial charge in [-0.1, -0.05) is 30.3 Å². The molecule has 0 aliphatic rings. The molecule has 3 aromatic heterocycles. The molecule has 8 heteroatoms. The molecular weight excluding hydrogens is 340 g/mol. The molecule has 0 amide bonds. The molecule has 8 nitrogen and oxygen atoms in total. The first-order valence-electron chi connectivity index (χ1n) is 8.58. The van der Waals surface area contributed by atoms with Crippen molar-refractivity contribution < 1.29 is 0 Å². The van der Waals surface area contributed by atoms with Crippen LogP contribution in [-0.2, 0) is 13.1 Å². The van der Waals surface area contributed by atoms with E-state index in [0.29, 0.717) is 23.9 Å². The summed E-state index contributed by atoms with van der Waals surface area (Å²) in [5.74, 6) is 2.13. The van der Waals surface area contributed by atoms with Gasteiger partial charge in [0.25, 0.3) is 0 Å². The maximum atomic E-state index is 6.31. The van der Waals surface area contributed by atoms with Crippen LogP contribution in [0.25, 0.3) is 5.82 Å². The van der Waals surface area contributed by atoms with Crippen LogP contribution in [0.5, 0.6) is 0 Å². The summed E-state index contributed by atoms with van der Waals surface area (Å²) < 4.78 is 3.75. The molecular formula is C19H20N8. The topological polar surface area (TPSA) is 90.7 Å². The largest absolute Gasteiger partial charge is 0.393 e.